The second-order valence-electron chi connectivity index (χ2n) is 6.02. The van der Waals surface area contributed by atoms with E-state index in [-0.39, 0.29) is 0 Å². The minimum absolute atomic E-state index is 0.392. The molecule has 19 heavy (non-hydrogen) atoms. The molecule has 0 aromatic carbocycles. The molecule has 4 nitrogen and oxygen atoms in total. The number of nitrogens with one attached hydrogen (secondary N) is 1. The maximum absolute atomic E-state index is 9.32. The summed E-state index contributed by atoms with van der Waals surface area (Å²) in [6.07, 6.45) is 6.43. The van der Waals surface area contributed by atoms with Gasteiger partial charge in [-0.15, -0.1) is 0 Å². The van der Waals surface area contributed by atoms with Crippen molar-refractivity contribution in [1.82, 2.24) is 10.2 Å². The standard InChI is InChI=1S/C15H27N3O/c1-3-17-15(2,12-16)8-9-18-10-11-19-14-7-5-4-6-13(14)18/h13-14,17H,3-11H2,1-2H3. The molecule has 1 aliphatic carbocycles. The predicted octanol–water partition coefficient (Wildman–Crippen LogP) is 1.91. The van der Waals surface area contributed by atoms with Crippen molar-refractivity contribution in [2.45, 2.75) is 63.6 Å². The number of nitrogens with zero attached hydrogens (tertiary/aromatic N) is 2. The van der Waals surface area contributed by atoms with Crippen LogP contribution in [0.4, 0.5) is 0 Å². The Morgan fingerprint density at radius 3 is 2.95 bits per heavy atom. The van der Waals surface area contributed by atoms with Crippen molar-refractivity contribution < 1.29 is 4.74 Å². The van der Waals surface area contributed by atoms with E-state index in [1.807, 2.05) is 6.92 Å². The molecule has 3 unspecified atom stereocenters. The lowest BCUT2D eigenvalue weighted by Crippen LogP contribution is -2.54. The van der Waals surface area contributed by atoms with E-state index in [4.69, 9.17) is 4.74 Å². The van der Waals surface area contributed by atoms with Crippen molar-refractivity contribution in [3.05, 3.63) is 0 Å². The Labute approximate surface area is 117 Å². The summed E-state index contributed by atoms with van der Waals surface area (Å²) in [5.74, 6) is 0. The van der Waals surface area contributed by atoms with Gasteiger partial charge in [0.15, 0.2) is 0 Å². The van der Waals surface area contributed by atoms with E-state index < -0.39 is 5.54 Å². The molecule has 2 rings (SSSR count). The van der Waals surface area contributed by atoms with Crippen molar-refractivity contribution in [3.8, 4) is 6.07 Å². The Morgan fingerprint density at radius 2 is 2.21 bits per heavy atom. The van der Waals surface area contributed by atoms with Crippen LogP contribution in [-0.4, -0.2) is 48.8 Å². The molecule has 0 amide bonds. The van der Waals surface area contributed by atoms with Gasteiger partial charge in [-0.2, -0.15) is 5.26 Å². The smallest absolute Gasteiger partial charge is 0.105 e. The normalized spacial score (nSPS) is 31.2. The quantitative estimate of drug-likeness (QED) is 0.825. The van der Waals surface area contributed by atoms with Crippen molar-refractivity contribution in [1.29, 1.82) is 5.26 Å². The van der Waals surface area contributed by atoms with E-state index >= 15 is 0 Å². The average Bonchev–Trinajstić information content (AvgIpc) is 2.45. The number of fused-ring (bicyclic) bond motifs is 1. The first kappa shape index (κ1) is 14.8. The van der Waals surface area contributed by atoms with Crippen LogP contribution < -0.4 is 5.32 Å². The zero-order valence-electron chi connectivity index (χ0n) is 12.3. The van der Waals surface area contributed by atoms with Gasteiger partial charge in [0.05, 0.1) is 18.8 Å². The lowest BCUT2D eigenvalue weighted by molar-refractivity contribution is -0.0891. The van der Waals surface area contributed by atoms with Gasteiger partial charge in [0.2, 0.25) is 0 Å². The molecule has 0 aromatic heterocycles. The van der Waals surface area contributed by atoms with Crippen LogP contribution in [0.25, 0.3) is 0 Å². The van der Waals surface area contributed by atoms with Crippen LogP contribution >= 0.6 is 0 Å². The first-order valence-corrected chi connectivity index (χ1v) is 7.70. The molecule has 0 radical (unpaired) electrons. The average molecular weight is 265 g/mol. The van der Waals surface area contributed by atoms with Crippen molar-refractivity contribution >= 4 is 0 Å². The number of rotatable bonds is 5. The molecule has 4 heteroatoms. The molecule has 0 aromatic rings. The first-order valence-electron chi connectivity index (χ1n) is 7.70. The molecule has 2 aliphatic rings. The SMILES string of the molecule is CCNC(C)(C#N)CCN1CCOC2CCCCC21. The molecule has 0 spiro atoms. The summed E-state index contributed by atoms with van der Waals surface area (Å²) < 4.78 is 5.90. The van der Waals surface area contributed by atoms with Gasteiger partial charge in [-0.25, -0.2) is 0 Å². The lowest BCUT2D eigenvalue weighted by Gasteiger charge is -2.44. The van der Waals surface area contributed by atoms with E-state index in [0.29, 0.717) is 12.1 Å². The van der Waals surface area contributed by atoms with Gasteiger partial charge in [-0.3, -0.25) is 10.2 Å². The number of ether oxygens (including phenoxy) is 1. The monoisotopic (exact) mass is 265 g/mol. The molecule has 108 valence electrons. The number of hydrogen-bond donors (Lipinski definition) is 1. The highest BCUT2D eigenvalue weighted by Crippen LogP contribution is 2.28. The molecule has 1 heterocycles. The van der Waals surface area contributed by atoms with E-state index in [0.717, 1.165) is 32.7 Å². The van der Waals surface area contributed by atoms with Gasteiger partial charge >= 0.3 is 0 Å². The van der Waals surface area contributed by atoms with Gasteiger partial charge in [0.1, 0.15) is 5.54 Å². The van der Waals surface area contributed by atoms with Gasteiger partial charge in [0, 0.05) is 19.1 Å². The fourth-order valence-corrected chi connectivity index (χ4v) is 3.40. The molecule has 1 saturated heterocycles. The second kappa shape index (κ2) is 6.69. The third-order valence-corrected chi connectivity index (χ3v) is 4.56. The topological polar surface area (TPSA) is 48.3 Å². The van der Waals surface area contributed by atoms with Crippen LogP contribution in [0.3, 0.4) is 0 Å². The summed E-state index contributed by atoms with van der Waals surface area (Å²) >= 11 is 0. The Kier molecular flexibility index (Phi) is 5.20. The zero-order chi connectivity index (χ0) is 13.7. The Morgan fingerprint density at radius 1 is 1.42 bits per heavy atom. The fourth-order valence-electron chi connectivity index (χ4n) is 3.40. The van der Waals surface area contributed by atoms with E-state index in [1.165, 1.54) is 25.7 Å². The van der Waals surface area contributed by atoms with Crippen LogP contribution in [-0.2, 0) is 4.74 Å². The number of hydrogen-bond acceptors (Lipinski definition) is 4. The van der Waals surface area contributed by atoms with Crippen molar-refractivity contribution in [2.75, 3.05) is 26.2 Å². The van der Waals surface area contributed by atoms with Crippen molar-refractivity contribution in [2.24, 2.45) is 0 Å². The molecule has 2 fully saturated rings. The number of nitriles is 1. The van der Waals surface area contributed by atoms with Crippen LogP contribution in [0.1, 0.15) is 46.0 Å². The van der Waals surface area contributed by atoms with E-state index in [9.17, 15) is 5.26 Å². The third kappa shape index (κ3) is 3.68. The van der Waals surface area contributed by atoms with Gasteiger partial charge in [0.25, 0.3) is 0 Å². The third-order valence-electron chi connectivity index (χ3n) is 4.56. The van der Waals surface area contributed by atoms with Gasteiger partial charge in [-0.05, 0) is 32.7 Å². The molecule has 0 bridgehead atoms. The summed E-state index contributed by atoms with van der Waals surface area (Å²) in [4.78, 5) is 2.56. The highest BCUT2D eigenvalue weighted by atomic mass is 16.5. The molecule has 1 saturated carbocycles. The minimum atomic E-state index is -0.392. The predicted molar refractivity (Wildman–Crippen MR) is 75.9 cm³/mol. The van der Waals surface area contributed by atoms with Crippen LogP contribution in [0.2, 0.25) is 0 Å². The Bertz CT molecular complexity index is 326. The van der Waals surface area contributed by atoms with Gasteiger partial charge in [-0.1, -0.05) is 19.8 Å². The lowest BCUT2D eigenvalue weighted by atomic mass is 9.89. The summed E-state index contributed by atoms with van der Waals surface area (Å²) in [6.45, 7) is 7.79. The van der Waals surface area contributed by atoms with Crippen LogP contribution in [0.15, 0.2) is 0 Å². The second-order valence-corrected chi connectivity index (χ2v) is 6.02. The summed E-state index contributed by atoms with van der Waals surface area (Å²) in [5.41, 5.74) is -0.392. The maximum Gasteiger partial charge on any atom is 0.105 e. The maximum atomic E-state index is 9.32. The Hall–Kier alpha value is -0.630. The van der Waals surface area contributed by atoms with Gasteiger partial charge < -0.3 is 4.74 Å². The van der Waals surface area contributed by atoms with E-state index in [2.05, 4.69) is 23.2 Å². The Balaban J connectivity index is 1.89. The molecule has 1 N–H and O–H groups in total. The largest absolute Gasteiger partial charge is 0.375 e. The highest BCUT2D eigenvalue weighted by Gasteiger charge is 2.35. The highest BCUT2D eigenvalue weighted by molar-refractivity contribution is 5.04. The summed E-state index contributed by atoms with van der Waals surface area (Å²) in [7, 11) is 0. The van der Waals surface area contributed by atoms with Crippen molar-refractivity contribution in [3.63, 3.8) is 0 Å². The zero-order valence-corrected chi connectivity index (χ0v) is 12.3. The summed E-state index contributed by atoms with van der Waals surface area (Å²) in [6, 6.07) is 3.01. The van der Waals surface area contributed by atoms with Crippen LogP contribution in [0.5, 0.6) is 0 Å². The first-order chi connectivity index (χ1) is 9.18. The molecular weight excluding hydrogens is 238 g/mol. The molecule has 1 aliphatic heterocycles. The summed E-state index contributed by atoms with van der Waals surface area (Å²) in [5, 5.41) is 12.6. The van der Waals surface area contributed by atoms with Crippen LogP contribution in [0, 0.1) is 11.3 Å². The van der Waals surface area contributed by atoms with E-state index in [1.54, 1.807) is 0 Å². The minimum Gasteiger partial charge on any atom is -0.375 e. The number of morpholine rings is 1. The molecule has 3 atom stereocenters. The fraction of sp³-hybridized carbons (Fsp3) is 0.933. The molecular formula is C15H27N3O.